The van der Waals surface area contributed by atoms with Gasteiger partial charge in [-0.3, -0.25) is 10.1 Å². The van der Waals surface area contributed by atoms with E-state index in [1.165, 1.54) is 6.42 Å². The van der Waals surface area contributed by atoms with E-state index in [1.807, 2.05) is 18.2 Å². The topological polar surface area (TPSA) is 86.5 Å². The summed E-state index contributed by atoms with van der Waals surface area (Å²) in [6.45, 7) is 3.06. The molecule has 0 N–H and O–H groups in total. The number of aromatic carboxylic acids is 1. The van der Waals surface area contributed by atoms with Gasteiger partial charge in [0.2, 0.25) is 0 Å². The molecule has 2 aromatic rings. The van der Waals surface area contributed by atoms with Crippen molar-refractivity contribution < 1.29 is 14.8 Å². The third kappa shape index (κ3) is 3.71. The molecule has 0 radical (unpaired) electrons. The summed E-state index contributed by atoms with van der Waals surface area (Å²) in [5.41, 5.74) is 4.68. The summed E-state index contributed by atoms with van der Waals surface area (Å²) in [5, 5.41) is 23.4. The smallest absolute Gasteiger partial charge is 0.269 e. The van der Waals surface area contributed by atoms with E-state index in [-0.39, 0.29) is 34.1 Å². The summed E-state index contributed by atoms with van der Waals surface area (Å²) >= 11 is 0. The van der Waals surface area contributed by atoms with Crippen LogP contribution in [0.15, 0.2) is 48.6 Å². The van der Waals surface area contributed by atoms with E-state index in [2.05, 4.69) is 24.0 Å². The van der Waals surface area contributed by atoms with Crippen LogP contribution in [0.4, 0.5) is 11.4 Å². The summed E-state index contributed by atoms with van der Waals surface area (Å²) in [5.74, 6) is -0.472. The van der Waals surface area contributed by atoms with E-state index in [1.54, 1.807) is 18.2 Å². The molecular weight excluding hydrogens is 416 g/mol. The van der Waals surface area contributed by atoms with Gasteiger partial charge in [-0.15, -0.1) is 0 Å². The highest BCUT2D eigenvalue weighted by atomic mass is 16.6. The number of nitro benzene ring substituents is 1. The Morgan fingerprint density at radius 2 is 2.00 bits per heavy atom. The van der Waals surface area contributed by atoms with Crippen molar-refractivity contribution in [2.75, 3.05) is 11.4 Å². The largest absolute Gasteiger partial charge is 0.545 e. The van der Waals surface area contributed by atoms with Crippen LogP contribution in [0.25, 0.3) is 0 Å². The summed E-state index contributed by atoms with van der Waals surface area (Å²) in [7, 11) is 0. The molecule has 0 unspecified atom stereocenters. The first-order valence-corrected chi connectivity index (χ1v) is 12.1. The van der Waals surface area contributed by atoms with E-state index in [9.17, 15) is 20.0 Å². The Morgan fingerprint density at radius 1 is 1.18 bits per heavy atom. The maximum atomic E-state index is 11.9. The molecule has 172 valence electrons. The van der Waals surface area contributed by atoms with Crippen molar-refractivity contribution in [1.82, 2.24) is 0 Å². The van der Waals surface area contributed by atoms with Crippen molar-refractivity contribution in [3.63, 3.8) is 0 Å². The molecule has 4 atom stereocenters. The molecule has 2 aliphatic heterocycles. The second kappa shape index (κ2) is 8.65. The monoisotopic (exact) mass is 445 g/mol. The molecule has 2 heterocycles. The van der Waals surface area contributed by atoms with Gasteiger partial charge in [0.05, 0.1) is 16.9 Å². The molecule has 5 rings (SSSR count). The van der Waals surface area contributed by atoms with Crippen LogP contribution in [0.2, 0.25) is 0 Å². The number of nitro groups is 1. The number of allylic oxidation sites excluding steroid dienone is 2. The van der Waals surface area contributed by atoms with Gasteiger partial charge >= 0.3 is 0 Å². The minimum atomic E-state index is -1.13. The number of rotatable bonds is 7. The van der Waals surface area contributed by atoms with E-state index in [0.717, 1.165) is 61.0 Å². The quantitative estimate of drug-likeness (QED) is 0.252. The lowest BCUT2D eigenvalue weighted by Crippen LogP contribution is -2.44. The third-order valence-corrected chi connectivity index (χ3v) is 7.74. The van der Waals surface area contributed by atoms with E-state index < -0.39 is 5.97 Å². The molecule has 0 fully saturated rings. The predicted molar refractivity (Wildman–Crippen MR) is 125 cm³/mol. The van der Waals surface area contributed by atoms with Gasteiger partial charge in [0.1, 0.15) is 0 Å². The molecule has 0 amide bonds. The van der Waals surface area contributed by atoms with Gasteiger partial charge in [-0.2, -0.15) is 0 Å². The normalized spacial score (nSPS) is 24.9. The number of carboxylic acids is 1. The van der Waals surface area contributed by atoms with Crippen LogP contribution in [0, 0.1) is 16.0 Å². The minimum Gasteiger partial charge on any atom is -0.545 e. The fraction of sp³-hybridized carbons (Fsp3) is 0.444. The van der Waals surface area contributed by atoms with E-state index in [4.69, 9.17) is 0 Å². The Balaban J connectivity index is 1.65. The number of unbranched alkanes of at least 4 members (excludes halogenated alkanes) is 2. The molecule has 0 saturated heterocycles. The van der Waals surface area contributed by atoms with Crippen molar-refractivity contribution in [1.29, 1.82) is 0 Å². The van der Waals surface area contributed by atoms with Crippen molar-refractivity contribution in [3.05, 3.63) is 80.9 Å². The maximum Gasteiger partial charge on any atom is 0.269 e. The van der Waals surface area contributed by atoms with Crippen molar-refractivity contribution in [2.45, 2.75) is 63.3 Å². The van der Waals surface area contributed by atoms with Crippen LogP contribution in [0.1, 0.15) is 90.4 Å². The molecule has 0 saturated carbocycles. The Labute approximate surface area is 194 Å². The second-order valence-corrected chi connectivity index (χ2v) is 9.62. The lowest BCUT2D eigenvalue weighted by Gasteiger charge is -2.50. The maximum absolute atomic E-state index is 11.9. The number of hydrogen-bond donors (Lipinski definition) is 0. The summed E-state index contributed by atoms with van der Waals surface area (Å²) in [6.07, 6.45) is 10.7. The molecule has 0 spiro atoms. The number of carbonyl (C=O) groups is 1. The fourth-order valence-electron chi connectivity index (χ4n) is 6.29. The van der Waals surface area contributed by atoms with Gasteiger partial charge in [0.15, 0.2) is 0 Å². The number of carboxylic acid groups (broad SMARTS) is 1. The van der Waals surface area contributed by atoms with Crippen LogP contribution in [0.3, 0.4) is 0 Å². The molecule has 6 heteroatoms. The highest BCUT2D eigenvalue weighted by Gasteiger charge is 2.45. The van der Waals surface area contributed by atoms with Crippen LogP contribution in [-0.4, -0.2) is 17.4 Å². The molecule has 33 heavy (non-hydrogen) atoms. The Kier molecular flexibility index (Phi) is 5.69. The highest BCUT2D eigenvalue weighted by Crippen LogP contribution is 2.57. The molecule has 2 aromatic carbocycles. The molecule has 0 bridgehead atoms. The molecular formula is C27H29N2O4-. The summed E-state index contributed by atoms with van der Waals surface area (Å²) < 4.78 is 0. The molecule has 6 nitrogen and oxygen atoms in total. The summed E-state index contributed by atoms with van der Waals surface area (Å²) in [4.78, 5) is 25.4. The van der Waals surface area contributed by atoms with Gasteiger partial charge in [-0.1, -0.05) is 50.5 Å². The lowest BCUT2D eigenvalue weighted by molar-refractivity contribution is -0.384. The number of hydrogen-bond acceptors (Lipinski definition) is 5. The second-order valence-electron chi connectivity index (χ2n) is 9.62. The van der Waals surface area contributed by atoms with Gasteiger partial charge in [0, 0.05) is 30.3 Å². The van der Waals surface area contributed by atoms with Crippen molar-refractivity contribution in [3.8, 4) is 0 Å². The van der Waals surface area contributed by atoms with Crippen LogP contribution < -0.4 is 10.0 Å². The minimum absolute atomic E-state index is 0.0292. The fourth-order valence-corrected chi connectivity index (χ4v) is 6.29. The van der Waals surface area contributed by atoms with Crippen LogP contribution >= 0.6 is 0 Å². The first-order valence-electron chi connectivity index (χ1n) is 12.1. The first kappa shape index (κ1) is 21.7. The molecule has 3 aliphatic rings. The predicted octanol–water partition coefficient (Wildman–Crippen LogP) is 5.25. The van der Waals surface area contributed by atoms with Crippen LogP contribution in [0.5, 0.6) is 0 Å². The number of anilines is 1. The number of nitrogens with zero attached hydrogens (tertiary/aromatic N) is 2. The zero-order valence-electron chi connectivity index (χ0n) is 18.9. The van der Waals surface area contributed by atoms with Gasteiger partial charge in [0.25, 0.3) is 5.69 Å². The third-order valence-electron chi connectivity index (χ3n) is 7.74. The molecule has 1 aliphatic carbocycles. The van der Waals surface area contributed by atoms with Gasteiger partial charge in [-0.25, -0.2) is 0 Å². The standard InChI is InChI=1S/C27H30N2O4/c1-2-3-4-7-17-12-13-28-25(18-8-5-9-20(14-18)29(32)33)22-11-6-10-21(22)24-16-19(27(30)31)15-23(17)26(24)28/h5-6,8-10,14-17,21-22,25H,2-4,7,11-13H2,1H3,(H,30,31)/p-1/t17-,21-,22+,25+/m1/s1. The highest BCUT2D eigenvalue weighted by molar-refractivity contribution is 5.88. The number of fused-ring (bicyclic) bond motifs is 2. The lowest BCUT2D eigenvalue weighted by atomic mass is 9.71. The van der Waals surface area contributed by atoms with E-state index >= 15 is 0 Å². The SMILES string of the molecule is CCCCC[C@@H]1CCN2c3c1cc(C(=O)[O-])cc3[C@@H]1C=CC[C@@H]1[C@@H]2c1cccc([N+](=O)[O-])c1. The number of carbonyl (C=O) groups excluding carboxylic acids is 1. The Morgan fingerprint density at radius 3 is 2.76 bits per heavy atom. The Bertz CT molecular complexity index is 1130. The number of non-ortho nitro benzene ring substituents is 1. The zero-order valence-corrected chi connectivity index (χ0v) is 18.9. The van der Waals surface area contributed by atoms with Crippen LogP contribution in [-0.2, 0) is 0 Å². The molecule has 0 aromatic heterocycles. The summed E-state index contributed by atoms with van der Waals surface area (Å²) in [6, 6.07) is 10.7. The van der Waals surface area contributed by atoms with E-state index in [0.29, 0.717) is 5.92 Å². The Hall–Kier alpha value is -3.15. The zero-order chi connectivity index (χ0) is 23.1. The number of benzene rings is 2. The van der Waals surface area contributed by atoms with Gasteiger partial charge in [-0.05, 0) is 65.5 Å². The first-order chi connectivity index (χ1) is 16.0. The van der Waals surface area contributed by atoms with Crippen molar-refractivity contribution in [2.24, 2.45) is 5.92 Å². The average Bonchev–Trinajstić information content (AvgIpc) is 3.30. The van der Waals surface area contributed by atoms with Crippen molar-refractivity contribution >= 4 is 17.3 Å². The van der Waals surface area contributed by atoms with Gasteiger partial charge < -0.3 is 14.8 Å². The average molecular weight is 446 g/mol.